The summed E-state index contributed by atoms with van der Waals surface area (Å²) in [6.45, 7) is 3.09. The van der Waals surface area contributed by atoms with Crippen LogP contribution in [0.4, 0.5) is 13.2 Å². The van der Waals surface area contributed by atoms with Crippen LogP contribution in [0, 0.1) is 5.82 Å². The molecule has 158 valence electrons. The van der Waals surface area contributed by atoms with Crippen molar-refractivity contribution in [2.75, 3.05) is 6.61 Å². The Kier molecular flexibility index (Phi) is 10.7. The molecule has 0 atom stereocenters. The largest absolute Gasteiger partial charge is 0.378 e. The quantitative estimate of drug-likeness (QED) is 0.323. The van der Waals surface area contributed by atoms with Gasteiger partial charge in [0, 0.05) is 18.2 Å². The summed E-state index contributed by atoms with van der Waals surface area (Å²) in [5.41, 5.74) is 0.863. The third-order valence-corrected chi connectivity index (χ3v) is 5.79. The third kappa shape index (κ3) is 8.38. The first-order valence-corrected chi connectivity index (χ1v) is 11.0. The fourth-order valence-corrected chi connectivity index (χ4v) is 4.08. The van der Waals surface area contributed by atoms with Crippen molar-refractivity contribution in [3.05, 3.63) is 41.2 Å². The van der Waals surface area contributed by atoms with E-state index in [1.165, 1.54) is 57.1 Å². The fourth-order valence-electron chi connectivity index (χ4n) is 4.08. The lowest BCUT2D eigenvalue weighted by Gasteiger charge is -2.29. The summed E-state index contributed by atoms with van der Waals surface area (Å²) >= 11 is 0. The number of hydrogen-bond acceptors (Lipinski definition) is 1. The van der Waals surface area contributed by atoms with Crippen molar-refractivity contribution in [2.45, 2.75) is 96.0 Å². The van der Waals surface area contributed by atoms with Crippen LogP contribution in [0.15, 0.2) is 24.3 Å². The minimum absolute atomic E-state index is 0.0499. The van der Waals surface area contributed by atoms with Gasteiger partial charge in [-0.1, -0.05) is 64.0 Å². The molecule has 1 saturated carbocycles. The summed E-state index contributed by atoms with van der Waals surface area (Å²) in [6.07, 6.45) is 13.4. The van der Waals surface area contributed by atoms with Crippen LogP contribution in [-0.4, -0.2) is 12.7 Å². The molecule has 1 aromatic carbocycles. The van der Waals surface area contributed by atoms with Gasteiger partial charge in [0.15, 0.2) is 0 Å². The topological polar surface area (TPSA) is 9.23 Å². The summed E-state index contributed by atoms with van der Waals surface area (Å²) in [7, 11) is 0. The first kappa shape index (κ1) is 23.0. The lowest BCUT2D eigenvalue weighted by molar-refractivity contribution is 0.0226. The van der Waals surface area contributed by atoms with Gasteiger partial charge < -0.3 is 4.74 Å². The Morgan fingerprint density at radius 1 is 0.964 bits per heavy atom. The number of ether oxygens (including phenoxy) is 1. The van der Waals surface area contributed by atoms with Gasteiger partial charge in [-0.15, -0.1) is 0 Å². The van der Waals surface area contributed by atoms with E-state index in [4.69, 9.17) is 4.74 Å². The highest BCUT2D eigenvalue weighted by Crippen LogP contribution is 2.35. The van der Waals surface area contributed by atoms with E-state index in [1.54, 1.807) is 6.07 Å². The minimum atomic E-state index is -1.87. The molecule has 28 heavy (non-hydrogen) atoms. The molecule has 0 unspecified atom stereocenters. The molecular formula is C24H35F3O. The van der Waals surface area contributed by atoms with E-state index in [2.05, 4.69) is 6.92 Å². The average molecular weight is 397 g/mol. The van der Waals surface area contributed by atoms with E-state index in [-0.39, 0.29) is 5.56 Å². The van der Waals surface area contributed by atoms with E-state index in [0.717, 1.165) is 44.3 Å². The molecule has 4 heteroatoms. The minimum Gasteiger partial charge on any atom is -0.378 e. The van der Waals surface area contributed by atoms with Crippen LogP contribution >= 0.6 is 0 Å². The molecule has 1 aliphatic carbocycles. The SMILES string of the molecule is CCCCCCCCCCO[C@H]1CC[C@H](c2ccc(C=C(F)F)c(F)c2)CC1. The Hall–Kier alpha value is -1.29. The summed E-state index contributed by atoms with van der Waals surface area (Å²) in [4.78, 5) is 0. The molecule has 1 aromatic rings. The molecule has 0 N–H and O–H groups in total. The van der Waals surface area contributed by atoms with Crippen LogP contribution in [-0.2, 0) is 4.74 Å². The molecule has 1 nitrogen and oxygen atoms in total. The maximum atomic E-state index is 14.0. The Labute approximate surface area is 168 Å². The predicted octanol–water partition coefficient (Wildman–Crippen LogP) is 8.25. The lowest BCUT2D eigenvalue weighted by Crippen LogP contribution is -2.21. The first-order chi connectivity index (χ1) is 13.6. The van der Waals surface area contributed by atoms with Crippen molar-refractivity contribution in [3.63, 3.8) is 0 Å². The number of hydrogen-bond donors (Lipinski definition) is 0. The van der Waals surface area contributed by atoms with Crippen molar-refractivity contribution in [1.29, 1.82) is 0 Å². The molecule has 2 rings (SSSR count). The van der Waals surface area contributed by atoms with Crippen molar-refractivity contribution in [1.82, 2.24) is 0 Å². The maximum absolute atomic E-state index is 14.0. The van der Waals surface area contributed by atoms with Gasteiger partial charge in [-0.2, -0.15) is 8.78 Å². The zero-order valence-electron chi connectivity index (χ0n) is 17.2. The Bertz CT molecular complexity index is 588. The fraction of sp³-hybridized carbons (Fsp3) is 0.667. The van der Waals surface area contributed by atoms with E-state index >= 15 is 0 Å². The van der Waals surface area contributed by atoms with Crippen molar-refractivity contribution < 1.29 is 17.9 Å². The lowest BCUT2D eigenvalue weighted by atomic mass is 9.82. The standard InChI is InChI=1S/C24H35F3O/c1-2-3-4-5-6-7-8-9-16-28-22-14-12-19(13-15-22)20-10-11-21(18-24(26)27)23(25)17-20/h10-11,17-19,22H,2-9,12-16H2,1H3/t19-,22-. The van der Waals surface area contributed by atoms with Gasteiger partial charge in [-0.05, 0) is 49.7 Å². The smallest absolute Gasteiger partial charge is 0.271 e. The highest BCUT2D eigenvalue weighted by atomic mass is 19.3. The van der Waals surface area contributed by atoms with Gasteiger partial charge in [0.25, 0.3) is 6.08 Å². The molecule has 0 bridgehead atoms. The predicted molar refractivity (Wildman–Crippen MR) is 110 cm³/mol. The zero-order chi connectivity index (χ0) is 20.2. The highest BCUT2D eigenvalue weighted by Gasteiger charge is 2.23. The molecule has 0 heterocycles. The van der Waals surface area contributed by atoms with Gasteiger partial charge in [0.05, 0.1) is 6.10 Å². The van der Waals surface area contributed by atoms with Crippen LogP contribution in [0.1, 0.15) is 101 Å². The van der Waals surface area contributed by atoms with Crippen LogP contribution < -0.4 is 0 Å². The van der Waals surface area contributed by atoms with Gasteiger partial charge in [-0.3, -0.25) is 0 Å². The van der Waals surface area contributed by atoms with Crippen LogP contribution in [0.5, 0.6) is 0 Å². The molecular weight excluding hydrogens is 361 g/mol. The molecule has 0 aliphatic heterocycles. The van der Waals surface area contributed by atoms with E-state index in [0.29, 0.717) is 18.1 Å². The van der Waals surface area contributed by atoms with E-state index in [9.17, 15) is 13.2 Å². The molecule has 0 radical (unpaired) electrons. The van der Waals surface area contributed by atoms with E-state index < -0.39 is 11.9 Å². The van der Waals surface area contributed by atoms with Crippen molar-refractivity contribution >= 4 is 6.08 Å². The molecule has 0 saturated heterocycles. The molecule has 0 aromatic heterocycles. The number of rotatable bonds is 12. The van der Waals surface area contributed by atoms with Crippen LogP contribution in [0.25, 0.3) is 6.08 Å². The normalized spacial score (nSPS) is 19.6. The Balaban J connectivity index is 1.61. The Morgan fingerprint density at radius 3 is 2.21 bits per heavy atom. The second kappa shape index (κ2) is 13.0. The third-order valence-electron chi connectivity index (χ3n) is 5.79. The maximum Gasteiger partial charge on any atom is 0.271 e. The number of halogens is 3. The monoisotopic (exact) mass is 396 g/mol. The van der Waals surface area contributed by atoms with Crippen molar-refractivity contribution in [3.8, 4) is 0 Å². The molecule has 0 amide bonds. The summed E-state index contributed by atoms with van der Waals surface area (Å²) in [5, 5.41) is 0. The molecule has 0 spiro atoms. The summed E-state index contributed by atoms with van der Waals surface area (Å²) in [5.74, 6) is -0.274. The second-order valence-corrected chi connectivity index (χ2v) is 8.03. The van der Waals surface area contributed by atoms with Crippen LogP contribution in [0.3, 0.4) is 0 Å². The van der Waals surface area contributed by atoms with Gasteiger partial charge >= 0.3 is 0 Å². The molecule has 1 aliphatic rings. The average Bonchev–Trinajstić information content (AvgIpc) is 2.68. The van der Waals surface area contributed by atoms with Gasteiger partial charge in [0.2, 0.25) is 0 Å². The first-order valence-electron chi connectivity index (χ1n) is 11.0. The summed E-state index contributed by atoms with van der Waals surface area (Å²) in [6, 6.07) is 4.65. The summed E-state index contributed by atoms with van der Waals surface area (Å²) < 4.78 is 44.7. The Morgan fingerprint density at radius 2 is 1.61 bits per heavy atom. The van der Waals surface area contributed by atoms with Crippen LogP contribution in [0.2, 0.25) is 0 Å². The van der Waals surface area contributed by atoms with Gasteiger partial charge in [0.1, 0.15) is 5.82 Å². The van der Waals surface area contributed by atoms with Gasteiger partial charge in [-0.25, -0.2) is 4.39 Å². The second-order valence-electron chi connectivity index (χ2n) is 8.03. The number of unbranched alkanes of at least 4 members (excludes halogenated alkanes) is 7. The highest BCUT2D eigenvalue weighted by molar-refractivity contribution is 5.51. The van der Waals surface area contributed by atoms with E-state index in [1.807, 2.05) is 0 Å². The zero-order valence-corrected chi connectivity index (χ0v) is 17.2. The number of benzene rings is 1. The van der Waals surface area contributed by atoms with Crippen molar-refractivity contribution in [2.24, 2.45) is 0 Å². The molecule has 1 fully saturated rings.